The van der Waals surface area contributed by atoms with Gasteiger partial charge in [0.15, 0.2) is 0 Å². The predicted molar refractivity (Wildman–Crippen MR) is 83.4 cm³/mol. The molecule has 4 nitrogen and oxygen atoms in total. The van der Waals surface area contributed by atoms with Gasteiger partial charge in [-0.2, -0.15) is 5.26 Å². The fraction of sp³-hybridized carbons (Fsp3) is 0.500. The zero-order valence-corrected chi connectivity index (χ0v) is 13.4. The maximum absolute atomic E-state index is 12.5. The Morgan fingerprint density at radius 3 is 2.43 bits per heavy atom. The summed E-state index contributed by atoms with van der Waals surface area (Å²) < 4.78 is 0. The van der Waals surface area contributed by atoms with Crippen LogP contribution in [0.5, 0.6) is 0 Å². The number of nitriles is 1. The monoisotopic (exact) mass is 305 g/mol. The molecule has 112 valence electrons. The normalized spacial score (nSPS) is 16.6. The molecule has 1 aromatic rings. The van der Waals surface area contributed by atoms with Crippen molar-refractivity contribution in [1.29, 1.82) is 5.26 Å². The molecular formula is C16H20ClN3O. The first-order valence-electron chi connectivity index (χ1n) is 7.07. The summed E-state index contributed by atoms with van der Waals surface area (Å²) in [5, 5.41) is 9.84. The zero-order chi connectivity index (χ0) is 15.6. The molecular weight excluding hydrogens is 286 g/mol. The molecule has 0 bridgehead atoms. The molecule has 0 aliphatic carbocycles. The van der Waals surface area contributed by atoms with E-state index in [-0.39, 0.29) is 5.91 Å². The predicted octanol–water partition coefficient (Wildman–Crippen LogP) is 2.71. The first-order valence-corrected chi connectivity index (χ1v) is 7.44. The molecule has 2 rings (SSSR count). The Balaban J connectivity index is 2.04. The van der Waals surface area contributed by atoms with Crippen molar-refractivity contribution in [3.63, 3.8) is 0 Å². The fourth-order valence-electron chi connectivity index (χ4n) is 2.50. The molecule has 1 saturated heterocycles. The lowest BCUT2D eigenvalue weighted by molar-refractivity contribution is 0.0521. The van der Waals surface area contributed by atoms with Crippen molar-refractivity contribution in [3.05, 3.63) is 34.3 Å². The van der Waals surface area contributed by atoms with Crippen LogP contribution >= 0.6 is 11.6 Å². The molecule has 0 radical (unpaired) electrons. The standard InChI is InChI=1S/C16H20ClN3O/c1-12-10-13(4-5-14(12)17)15(21)19-6-8-20(9-7-19)16(2,3)11-18/h4-5,10H,6-9H2,1-3H3. The van der Waals surface area contributed by atoms with Gasteiger partial charge in [0, 0.05) is 36.8 Å². The van der Waals surface area contributed by atoms with Crippen molar-refractivity contribution in [1.82, 2.24) is 9.80 Å². The number of benzene rings is 1. The van der Waals surface area contributed by atoms with Gasteiger partial charge in [0.1, 0.15) is 5.54 Å². The van der Waals surface area contributed by atoms with E-state index >= 15 is 0 Å². The number of piperazine rings is 1. The topological polar surface area (TPSA) is 47.3 Å². The highest BCUT2D eigenvalue weighted by atomic mass is 35.5. The highest BCUT2D eigenvalue weighted by molar-refractivity contribution is 6.31. The molecule has 0 atom stereocenters. The van der Waals surface area contributed by atoms with Gasteiger partial charge < -0.3 is 4.90 Å². The number of halogens is 1. The average molecular weight is 306 g/mol. The van der Waals surface area contributed by atoms with E-state index < -0.39 is 5.54 Å². The van der Waals surface area contributed by atoms with Gasteiger partial charge in [-0.25, -0.2) is 0 Å². The van der Waals surface area contributed by atoms with E-state index in [0.29, 0.717) is 23.7 Å². The summed E-state index contributed by atoms with van der Waals surface area (Å²) in [6.45, 7) is 8.45. The maximum atomic E-state index is 12.5. The van der Waals surface area contributed by atoms with E-state index in [1.54, 1.807) is 12.1 Å². The second-order valence-corrected chi connectivity index (χ2v) is 6.32. The molecule has 1 heterocycles. The Morgan fingerprint density at radius 1 is 1.29 bits per heavy atom. The number of hydrogen-bond acceptors (Lipinski definition) is 3. The van der Waals surface area contributed by atoms with Crippen LogP contribution in [0.2, 0.25) is 5.02 Å². The number of nitrogens with zero attached hydrogens (tertiary/aromatic N) is 3. The van der Waals surface area contributed by atoms with E-state index in [1.807, 2.05) is 31.7 Å². The van der Waals surface area contributed by atoms with Crippen LogP contribution in [0.25, 0.3) is 0 Å². The molecule has 0 aromatic heterocycles. The maximum Gasteiger partial charge on any atom is 0.253 e. The summed E-state index contributed by atoms with van der Waals surface area (Å²) in [7, 11) is 0. The molecule has 21 heavy (non-hydrogen) atoms. The van der Waals surface area contributed by atoms with Crippen molar-refractivity contribution < 1.29 is 4.79 Å². The van der Waals surface area contributed by atoms with Crippen LogP contribution in [0.4, 0.5) is 0 Å². The molecule has 1 amide bonds. The Labute approximate surface area is 130 Å². The third-order valence-electron chi connectivity index (χ3n) is 4.04. The van der Waals surface area contributed by atoms with Crippen molar-refractivity contribution in [2.45, 2.75) is 26.3 Å². The van der Waals surface area contributed by atoms with Gasteiger partial charge in [-0.05, 0) is 44.5 Å². The van der Waals surface area contributed by atoms with E-state index in [4.69, 9.17) is 11.6 Å². The van der Waals surface area contributed by atoms with Gasteiger partial charge in [0.2, 0.25) is 0 Å². The molecule has 0 saturated carbocycles. The van der Waals surface area contributed by atoms with Crippen molar-refractivity contribution in [2.24, 2.45) is 0 Å². The minimum absolute atomic E-state index is 0.0316. The summed E-state index contributed by atoms with van der Waals surface area (Å²) in [5.41, 5.74) is 1.10. The van der Waals surface area contributed by atoms with Crippen molar-refractivity contribution >= 4 is 17.5 Å². The van der Waals surface area contributed by atoms with Crippen LogP contribution in [0.15, 0.2) is 18.2 Å². The van der Waals surface area contributed by atoms with E-state index in [9.17, 15) is 10.1 Å². The lowest BCUT2D eigenvalue weighted by Crippen LogP contribution is -2.55. The molecule has 1 aromatic carbocycles. The third-order valence-corrected chi connectivity index (χ3v) is 4.46. The zero-order valence-electron chi connectivity index (χ0n) is 12.7. The molecule has 1 aliphatic heterocycles. The lowest BCUT2D eigenvalue weighted by atomic mass is 10.0. The van der Waals surface area contributed by atoms with E-state index in [1.165, 1.54) is 0 Å². The first kappa shape index (κ1) is 15.8. The van der Waals surface area contributed by atoms with Gasteiger partial charge in [0.25, 0.3) is 5.91 Å². The number of carbonyl (C=O) groups is 1. The second kappa shape index (κ2) is 6.05. The first-order chi connectivity index (χ1) is 9.85. The average Bonchev–Trinajstić information content (AvgIpc) is 2.49. The van der Waals surface area contributed by atoms with E-state index in [0.717, 1.165) is 18.7 Å². The summed E-state index contributed by atoms with van der Waals surface area (Å²) in [6, 6.07) is 7.67. The van der Waals surface area contributed by atoms with Gasteiger partial charge >= 0.3 is 0 Å². The van der Waals surface area contributed by atoms with Crippen LogP contribution in [0, 0.1) is 18.3 Å². The lowest BCUT2D eigenvalue weighted by Gasteiger charge is -2.40. The third kappa shape index (κ3) is 3.37. The van der Waals surface area contributed by atoms with Crippen LogP contribution in [-0.2, 0) is 0 Å². The molecule has 5 heteroatoms. The number of amides is 1. The Hall–Kier alpha value is -1.57. The molecule has 1 aliphatic rings. The SMILES string of the molecule is Cc1cc(C(=O)N2CCN(C(C)(C)C#N)CC2)ccc1Cl. The van der Waals surface area contributed by atoms with Crippen LogP contribution in [-0.4, -0.2) is 47.4 Å². The molecule has 0 unspecified atom stereocenters. The van der Waals surface area contributed by atoms with Crippen LogP contribution < -0.4 is 0 Å². The van der Waals surface area contributed by atoms with Gasteiger partial charge in [-0.1, -0.05) is 11.6 Å². The highest BCUT2D eigenvalue weighted by Crippen LogP contribution is 2.20. The van der Waals surface area contributed by atoms with Crippen LogP contribution in [0.3, 0.4) is 0 Å². The van der Waals surface area contributed by atoms with Gasteiger partial charge in [0.05, 0.1) is 6.07 Å². The second-order valence-electron chi connectivity index (χ2n) is 5.91. The van der Waals surface area contributed by atoms with Gasteiger partial charge in [-0.15, -0.1) is 0 Å². The number of hydrogen-bond donors (Lipinski definition) is 0. The minimum Gasteiger partial charge on any atom is -0.336 e. The number of rotatable bonds is 2. The smallest absolute Gasteiger partial charge is 0.253 e. The Kier molecular flexibility index (Phi) is 4.55. The van der Waals surface area contributed by atoms with Gasteiger partial charge in [-0.3, -0.25) is 9.69 Å². The summed E-state index contributed by atoms with van der Waals surface area (Å²) in [4.78, 5) is 16.4. The summed E-state index contributed by atoms with van der Waals surface area (Å²) >= 11 is 5.99. The Bertz CT molecular complexity index is 584. The fourth-order valence-corrected chi connectivity index (χ4v) is 2.62. The summed E-state index contributed by atoms with van der Waals surface area (Å²) in [5.74, 6) is 0.0316. The quantitative estimate of drug-likeness (QED) is 0.844. The summed E-state index contributed by atoms with van der Waals surface area (Å²) in [6.07, 6.45) is 0. The van der Waals surface area contributed by atoms with Crippen LogP contribution in [0.1, 0.15) is 29.8 Å². The molecule has 0 N–H and O–H groups in total. The van der Waals surface area contributed by atoms with E-state index in [2.05, 4.69) is 11.0 Å². The molecule has 0 spiro atoms. The largest absolute Gasteiger partial charge is 0.336 e. The highest BCUT2D eigenvalue weighted by Gasteiger charge is 2.31. The molecule has 1 fully saturated rings. The minimum atomic E-state index is -0.480. The number of aryl methyl sites for hydroxylation is 1. The number of carbonyl (C=O) groups excluding carboxylic acids is 1. The van der Waals surface area contributed by atoms with Crippen molar-refractivity contribution in [2.75, 3.05) is 26.2 Å². The Morgan fingerprint density at radius 2 is 1.90 bits per heavy atom. The van der Waals surface area contributed by atoms with Crippen molar-refractivity contribution in [3.8, 4) is 6.07 Å².